The molecule has 1 fully saturated rings. The largest absolute Gasteiger partial charge is 0.118 e. The second kappa shape index (κ2) is 5.96. The fourth-order valence-corrected chi connectivity index (χ4v) is 3.68. The number of hydrogen-bond acceptors (Lipinski definition) is 0. The molecule has 3 rings (SSSR count). The van der Waals surface area contributed by atoms with Crippen LogP contribution in [0.1, 0.15) is 49.5 Å². The first kappa shape index (κ1) is 13.0. The van der Waals surface area contributed by atoms with Gasteiger partial charge in [0.25, 0.3) is 0 Å². The van der Waals surface area contributed by atoms with Gasteiger partial charge in [0.15, 0.2) is 0 Å². The van der Waals surface area contributed by atoms with Crippen molar-refractivity contribution in [3.8, 4) is 0 Å². The molecule has 0 saturated heterocycles. The van der Waals surface area contributed by atoms with Crippen molar-refractivity contribution in [1.82, 2.24) is 0 Å². The molecule has 0 heterocycles. The van der Waals surface area contributed by atoms with Gasteiger partial charge in [-0.2, -0.15) is 0 Å². The van der Waals surface area contributed by atoms with Gasteiger partial charge in [-0.15, -0.1) is 11.6 Å². The summed E-state index contributed by atoms with van der Waals surface area (Å²) in [6.45, 7) is 0. The van der Waals surface area contributed by atoms with Crippen LogP contribution in [-0.2, 0) is 0 Å². The predicted octanol–water partition coefficient (Wildman–Crippen LogP) is 6.09. The molecular weight excluding hydrogens is 252 g/mol. The monoisotopic (exact) mass is 272 g/mol. The Morgan fingerprint density at radius 3 is 2.58 bits per heavy atom. The van der Waals surface area contributed by atoms with Crippen molar-refractivity contribution < 1.29 is 0 Å². The first-order valence-electron chi connectivity index (χ1n) is 7.46. The van der Waals surface area contributed by atoms with Gasteiger partial charge < -0.3 is 0 Å². The zero-order chi connectivity index (χ0) is 13.1. The topological polar surface area (TPSA) is 0 Å². The number of halogens is 1. The number of alkyl halides is 1. The van der Waals surface area contributed by atoms with Gasteiger partial charge in [0.1, 0.15) is 0 Å². The lowest BCUT2D eigenvalue weighted by atomic mass is 9.95. The molecule has 1 heteroatoms. The highest BCUT2D eigenvalue weighted by atomic mass is 35.5. The summed E-state index contributed by atoms with van der Waals surface area (Å²) in [7, 11) is 0. The van der Waals surface area contributed by atoms with Gasteiger partial charge in [-0.3, -0.25) is 0 Å². The first-order chi connectivity index (χ1) is 9.34. The molecule has 1 aliphatic carbocycles. The summed E-state index contributed by atoms with van der Waals surface area (Å²) >= 11 is 6.66. The number of hydrogen-bond donors (Lipinski definition) is 0. The van der Waals surface area contributed by atoms with E-state index in [2.05, 4.69) is 42.5 Å². The van der Waals surface area contributed by atoms with Crippen molar-refractivity contribution in [3.63, 3.8) is 0 Å². The number of benzene rings is 2. The van der Waals surface area contributed by atoms with Gasteiger partial charge in [0, 0.05) is 0 Å². The van der Waals surface area contributed by atoms with Gasteiger partial charge in [-0.05, 0) is 35.1 Å². The Morgan fingerprint density at radius 1 is 1.00 bits per heavy atom. The van der Waals surface area contributed by atoms with Crippen LogP contribution in [0.25, 0.3) is 10.8 Å². The summed E-state index contributed by atoms with van der Waals surface area (Å²) in [5.74, 6) is 0.927. The van der Waals surface area contributed by atoms with Crippen LogP contribution >= 0.6 is 11.6 Å². The predicted molar refractivity (Wildman–Crippen MR) is 83.7 cm³/mol. The molecule has 100 valence electrons. The van der Waals surface area contributed by atoms with E-state index in [0.29, 0.717) is 0 Å². The SMILES string of the molecule is ClC(CCC1CCCC1)c1cccc2ccccc12. The minimum Gasteiger partial charge on any atom is -0.118 e. The molecule has 1 saturated carbocycles. The van der Waals surface area contributed by atoms with Crippen molar-refractivity contribution >= 4 is 22.4 Å². The zero-order valence-corrected chi connectivity index (χ0v) is 12.1. The van der Waals surface area contributed by atoms with Crippen LogP contribution in [0, 0.1) is 5.92 Å². The highest BCUT2D eigenvalue weighted by Crippen LogP contribution is 2.36. The molecule has 1 unspecified atom stereocenters. The number of rotatable bonds is 4. The fraction of sp³-hybridized carbons (Fsp3) is 0.444. The maximum Gasteiger partial charge on any atom is 0.0591 e. The van der Waals surface area contributed by atoms with Crippen LogP contribution in [0.3, 0.4) is 0 Å². The van der Waals surface area contributed by atoms with Gasteiger partial charge in [0.05, 0.1) is 5.38 Å². The Balaban J connectivity index is 1.75. The quantitative estimate of drug-likeness (QED) is 0.591. The molecule has 0 N–H and O–H groups in total. The van der Waals surface area contributed by atoms with Crippen molar-refractivity contribution in [2.75, 3.05) is 0 Å². The second-order valence-corrected chi connectivity index (χ2v) is 6.29. The Hall–Kier alpha value is -1.01. The first-order valence-corrected chi connectivity index (χ1v) is 7.90. The van der Waals surface area contributed by atoms with E-state index in [1.807, 2.05) is 0 Å². The Morgan fingerprint density at radius 2 is 1.74 bits per heavy atom. The van der Waals surface area contributed by atoms with E-state index >= 15 is 0 Å². The normalized spacial score (nSPS) is 17.9. The van der Waals surface area contributed by atoms with E-state index in [1.54, 1.807) is 0 Å². The average Bonchev–Trinajstić information content (AvgIpc) is 2.97. The van der Waals surface area contributed by atoms with Gasteiger partial charge in [-0.25, -0.2) is 0 Å². The summed E-state index contributed by atoms with van der Waals surface area (Å²) < 4.78 is 0. The van der Waals surface area contributed by atoms with Crippen molar-refractivity contribution in [1.29, 1.82) is 0 Å². The van der Waals surface area contributed by atoms with E-state index in [-0.39, 0.29) is 5.38 Å². The lowest BCUT2D eigenvalue weighted by Crippen LogP contribution is -1.98. The maximum absolute atomic E-state index is 6.66. The molecule has 19 heavy (non-hydrogen) atoms. The molecular formula is C18H21Cl. The molecule has 1 atom stereocenters. The minimum absolute atomic E-state index is 0.159. The number of fused-ring (bicyclic) bond motifs is 1. The minimum atomic E-state index is 0.159. The lowest BCUT2D eigenvalue weighted by molar-refractivity contribution is 0.480. The zero-order valence-electron chi connectivity index (χ0n) is 11.3. The van der Waals surface area contributed by atoms with Crippen LogP contribution in [0.4, 0.5) is 0 Å². The van der Waals surface area contributed by atoms with Crippen LogP contribution in [0.2, 0.25) is 0 Å². The summed E-state index contributed by atoms with van der Waals surface area (Å²) in [6.07, 6.45) is 8.08. The van der Waals surface area contributed by atoms with Crippen LogP contribution in [0.5, 0.6) is 0 Å². The molecule has 0 aliphatic heterocycles. The molecule has 0 aromatic heterocycles. The lowest BCUT2D eigenvalue weighted by Gasteiger charge is -2.15. The third kappa shape index (κ3) is 2.95. The van der Waals surface area contributed by atoms with E-state index in [0.717, 1.165) is 12.3 Å². The third-order valence-electron chi connectivity index (χ3n) is 4.46. The molecule has 0 nitrogen and oxygen atoms in total. The standard InChI is InChI=1S/C18H21Cl/c19-18(13-12-14-6-1-2-7-14)17-11-5-9-15-8-3-4-10-16(15)17/h3-5,8-11,14,18H,1-2,6-7,12-13H2. The smallest absolute Gasteiger partial charge is 0.0591 e. The summed E-state index contributed by atoms with van der Waals surface area (Å²) in [6, 6.07) is 15.0. The fourth-order valence-electron chi connectivity index (χ4n) is 3.36. The van der Waals surface area contributed by atoms with Crippen molar-refractivity contribution in [2.24, 2.45) is 5.92 Å². The van der Waals surface area contributed by atoms with E-state index in [4.69, 9.17) is 11.6 Å². The van der Waals surface area contributed by atoms with E-state index < -0.39 is 0 Å². The summed E-state index contributed by atoms with van der Waals surface area (Å²) in [5, 5.41) is 2.77. The Bertz CT molecular complexity index is 535. The van der Waals surface area contributed by atoms with Crippen LogP contribution in [0.15, 0.2) is 42.5 Å². The average molecular weight is 273 g/mol. The highest BCUT2D eigenvalue weighted by molar-refractivity contribution is 6.21. The second-order valence-electron chi connectivity index (χ2n) is 5.76. The van der Waals surface area contributed by atoms with E-state index in [1.165, 1.54) is 48.4 Å². The Kier molecular flexibility index (Phi) is 4.08. The highest BCUT2D eigenvalue weighted by Gasteiger charge is 2.18. The molecule has 2 aromatic carbocycles. The molecule has 0 spiro atoms. The summed E-state index contributed by atoms with van der Waals surface area (Å²) in [4.78, 5) is 0. The Labute approximate surface area is 120 Å². The van der Waals surface area contributed by atoms with Gasteiger partial charge in [0.2, 0.25) is 0 Å². The van der Waals surface area contributed by atoms with Crippen molar-refractivity contribution in [3.05, 3.63) is 48.0 Å². The summed E-state index contributed by atoms with van der Waals surface area (Å²) in [5.41, 5.74) is 1.30. The van der Waals surface area contributed by atoms with Crippen LogP contribution in [-0.4, -0.2) is 0 Å². The molecule has 2 aromatic rings. The van der Waals surface area contributed by atoms with Crippen LogP contribution < -0.4 is 0 Å². The van der Waals surface area contributed by atoms with E-state index in [9.17, 15) is 0 Å². The molecule has 0 amide bonds. The van der Waals surface area contributed by atoms with Gasteiger partial charge in [-0.1, -0.05) is 68.1 Å². The third-order valence-corrected chi connectivity index (χ3v) is 4.92. The molecule has 0 radical (unpaired) electrons. The van der Waals surface area contributed by atoms with Gasteiger partial charge >= 0.3 is 0 Å². The molecule has 1 aliphatic rings. The molecule has 0 bridgehead atoms. The maximum atomic E-state index is 6.66. The van der Waals surface area contributed by atoms with Crippen molar-refractivity contribution in [2.45, 2.75) is 43.9 Å².